The summed E-state index contributed by atoms with van der Waals surface area (Å²) in [5.74, 6) is -0.947. The number of hydrogen-bond donors (Lipinski definition) is 1. The number of ether oxygens (including phenoxy) is 2. The fourth-order valence-corrected chi connectivity index (χ4v) is 2.10. The number of phenolic OH excluding ortho intramolecular Hbond substituents is 1. The van der Waals surface area contributed by atoms with Crippen molar-refractivity contribution in [3.8, 4) is 5.75 Å². The monoisotopic (exact) mass is 244 g/mol. The number of hydrogen-bond acceptors (Lipinski definition) is 3. The van der Waals surface area contributed by atoms with Crippen LogP contribution in [0.3, 0.4) is 0 Å². The van der Waals surface area contributed by atoms with Crippen molar-refractivity contribution in [3.05, 3.63) is 65.7 Å². The molecule has 0 aliphatic heterocycles. The molecule has 2 aromatic carbocycles. The Kier molecular flexibility index (Phi) is 3.65. The Hall–Kier alpha value is -1.84. The first-order valence-electron chi connectivity index (χ1n) is 5.69. The maximum atomic E-state index is 10.0. The van der Waals surface area contributed by atoms with Gasteiger partial charge in [0.05, 0.1) is 5.56 Å². The van der Waals surface area contributed by atoms with Crippen molar-refractivity contribution in [2.24, 2.45) is 0 Å². The summed E-state index contributed by atoms with van der Waals surface area (Å²) in [5.41, 5.74) is 1.41. The first kappa shape index (κ1) is 12.6. The van der Waals surface area contributed by atoms with Crippen molar-refractivity contribution >= 4 is 0 Å². The highest BCUT2D eigenvalue weighted by molar-refractivity contribution is 5.42. The Morgan fingerprint density at radius 3 is 1.94 bits per heavy atom. The number of benzene rings is 2. The van der Waals surface area contributed by atoms with Crippen molar-refractivity contribution < 1.29 is 14.6 Å². The minimum Gasteiger partial charge on any atom is -0.507 e. The van der Waals surface area contributed by atoms with Gasteiger partial charge in [-0.05, 0) is 12.1 Å². The van der Waals surface area contributed by atoms with Crippen molar-refractivity contribution in [1.29, 1.82) is 0 Å². The van der Waals surface area contributed by atoms with Crippen LogP contribution >= 0.6 is 0 Å². The molecule has 0 radical (unpaired) electrons. The van der Waals surface area contributed by atoms with E-state index in [0.29, 0.717) is 5.56 Å². The van der Waals surface area contributed by atoms with Gasteiger partial charge in [-0.15, -0.1) is 0 Å². The van der Waals surface area contributed by atoms with Crippen molar-refractivity contribution in [2.45, 2.75) is 5.79 Å². The molecular weight excluding hydrogens is 228 g/mol. The number of para-hydroxylation sites is 1. The molecule has 0 unspecified atom stereocenters. The van der Waals surface area contributed by atoms with Crippen LogP contribution in [0.2, 0.25) is 0 Å². The molecule has 2 aromatic rings. The smallest absolute Gasteiger partial charge is 0.225 e. The normalized spacial score (nSPS) is 11.4. The molecule has 0 saturated heterocycles. The Labute approximate surface area is 107 Å². The minimum absolute atomic E-state index is 0.144. The van der Waals surface area contributed by atoms with Gasteiger partial charge in [-0.25, -0.2) is 0 Å². The second-order valence-corrected chi connectivity index (χ2v) is 3.91. The lowest BCUT2D eigenvalue weighted by atomic mass is 9.96. The minimum atomic E-state index is -1.09. The number of rotatable bonds is 4. The molecule has 0 atom stereocenters. The summed E-state index contributed by atoms with van der Waals surface area (Å²) in [6, 6.07) is 16.5. The van der Waals surface area contributed by atoms with Crippen LogP contribution in [0, 0.1) is 0 Å². The van der Waals surface area contributed by atoms with E-state index in [9.17, 15) is 5.11 Å². The molecule has 0 heterocycles. The lowest BCUT2D eigenvalue weighted by Gasteiger charge is -2.32. The molecule has 3 heteroatoms. The summed E-state index contributed by atoms with van der Waals surface area (Å²) in [4.78, 5) is 0. The van der Waals surface area contributed by atoms with Gasteiger partial charge in [0.15, 0.2) is 0 Å². The largest absolute Gasteiger partial charge is 0.507 e. The van der Waals surface area contributed by atoms with Gasteiger partial charge in [0.1, 0.15) is 5.75 Å². The summed E-state index contributed by atoms with van der Waals surface area (Å²) in [5, 5.41) is 10.0. The van der Waals surface area contributed by atoms with E-state index >= 15 is 0 Å². The molecule has 0 aromatic heterocycles. The predicted molar refractivity (Wildman–Crippen MR) is 69.3 cm³/mol. The Balaban J connectivity index is 2.62. The van der Waals surface area contributed by atoms with Gasteiger partial charge in [0, 0.05) is 19.8 Å². The third-order valence-corrected chi connectivity index (χ3v) is 2.99. The van der Waals surface area contributed by atoms with E-state index in [4.69, 9.17) is 9.47 Å². The average Bonchev–Trinajstić information content (AvgIpc) is 2.44. The third-order valence-electron chi connectivity index (χ3n) is 2.99. The topological polar surface area (TPSA) is 38.7 Å². The standard InChI is InChI=1S/C15H16O3/c1-17-15(18-2,12-8-4-3-5-9-12)13-10-6-7-11-14(13)16/h3-11,16H,1-2H3. The first-order chi connectivity index (χ1) is 8.74. The van der Waals surface area contributed by atoms with Gasteiger partial charge in [0.25, 0.3) is 0 Å². The molecule has 1 N–H and O–H groups in total. The zero-order valence-electron chi connectivity index (χ0n) is 10.5. The second-order valence-electron chi connectivity index (χ2n) is 3.91. The zero-order valence-corrected chi connectivity index (χ0v) is 10.5. The van der Waals surface area contributed by atoms with Crippen LogP contribution in [0.5, 0.6) is 5.75 Å². The quantitative estimate of drug-likeness (QED) is 0.840. The highest BCUT2D eigenvalue weighted by atomic mass is 16.7. The van der Waals surface area contributed by atoms with E-state index in [1.165, 1.54) is 0 Å². The van der Waals surface area contributed by atoms with Gasteiger partial charge >= 0.3 is 0 Å². The van der Waals surface area contributed by atoms with Crippen LogP contribution in [-0.4, -0.2) is 19.3 Å². The van der Waals surface area contributed by atoms with E-state index in [0.717, 1.165) is 5.56 Å². The van der Waals surface area contributed by atoms with Gasteiger partial charge in [-0.3, -0.25) is 0 Å². The average molecular weight is 244 g/mol. The molecular formula is C15H16O3. The molecule has 94 valence electrons. The van der Waals surface area contributed by atoms with Crippen LogP contribution < -0.4 is 0 Å². The third kappa shape index (κ3) is 1.98. The summed E-state index contributed by atoms with van der Waals surface area (Å²) in [6.07, 6.45) is 0. The predicted octanol–water partition coefficient (Wildman–Crippen LogP) is 2.89. The van der Waals surface area contributed by atoms with E-state index in [2.05, 4.69) is 0 Å². The van der Waals surface area contributed by atoms with Crippen LogP contribution in [0.1, 0.15) is 11.1 Å². The van der Waals surface area contributed by atoms with E-state index in [1.54, 1.807) is 32.4 Å². The fourth-order valence-electron chi connectivity index (χ4n) is 2.10. The SMILES string of the molecule is COC(OC)(c1ccccc1)c1ccccc1O. The Morgan fingerprint density at radius 2 is 1.39 bits per heavy atom. The number of methoxy groups -OCH3 is 2. The highest BCUT2D eigenvalue weighted by Crippen LogP contribution is 2.38. The van der Waals surface area contributed by atoms with Crippen molar-refractivity contribution in [2.75, 3.05) is 14.2 Å². The van der Waals surface area contributed by atoms with Gasteiger partial charge < -0.3 is 14.6 Å². The lowest BCUT2D eigenvalue weighted by molar-refractivity contribution is -0.184. The van der Waals surface area contributed by atoms with E-state index < -0.39 is 5.79 Å². The highest BCUT2D eigenvalue weighted by Gasteiger charge is 2.36. The van der Waals surface area contributed by atoms with E-state index in [1.807, 2.05) is 36.4 Å². The Morgan fingerprint density at radius 1 is 0.833 bits per heavy atom. The lowest BCUT2D eigenvalue weighted by Crippen LogP contribution is -2.32. The molecule has 0 bridgehead atoms. The summed E-state index contributed by atoms with van der Waals surface area (Å²) in [7, 11) is 3.12. The molecule has 0 amide bonds. The molecule has 3 nitrogen and oxygen atoms in total. The van der Waals surface area contributed by atoms with Crippen LogP contribution in [0.4, 0.5) is 0 Å². The van der Waals surface area contributed by atoms with Crippen LogP contribution in [0.25, 0.3) is 0 Å². The molecule has 0 spiro atoms. The van der Waals surface area contributed by atoms with Crippen LogP contribution in [-0.2, 0) is 15.3 Å². The first-order valence-corrected chi connectivity index (χ1v) is 5.69. The molecule has 0 aliphatic rings. The molecule has 18 heavy (non-hydrogen) atoms. The summed E-state index contributed by atoms with van der Waals surface area (Å²) in [6.45, 7) is 0. The van der Waals surface area contributed by atoms with Gasteiger partial charge in [0.2, 0.25) is 5.79 Å². The maximum absolute atomic E-state index is 10.0. The van der Waals surface area contributed by atoms with Crippen molar-refractivity contribution in [3.63, 3.8) is 0 Å². The molecule has 0 saturated carbocycles. The van der Waals surface area contributed by atoms with Gasteiger partial charge in [-0.1, -0.05) is 42.5 Å². The second kappa shape index (κ2) is 5.21. The molecule has 2 rings (SSSR count). The zero-order chi connectivity index (χ0) is 13.0. The number of aromatic hydroxyl groups is 1. The van der Waals surface area contributed by atoms with Crippen molar-refractivity contribution in [1.82, 2.24) is 0 Å². The Bertz CT molecular complexity index is 504. The van der Waals surface area contributed by atoms with E-state index in [-0.39, 0.29) is 5.75 Å². The molecule has 0 fully saturated rings. The summed E-state index contributed by atoms with van der Waals surface area (Å²) < 4.78 is 11.1. The maximum Gasteiger partial charge on any atom is 0.225 e. The van der Waals surface area contributed by atoms with Crippen LogP contribution in [0.15, 0.2) is 54.6 Å². The summed E-state index contributed by atoms with van der Waals surface area (Å²) >= 11 is 0. The van der Waals surface area contributed by atoms with Gasteiger partial charge in [-0.2, -0.15) is 0 Å². The molecule has 0 aliphatic carbocycles. The number of phenols is 1. The fraction of sp³-hybridized carbons (Fsp3) is 0.200.